The highest BCUT2D eigenvalue weighted by Gasteiger charge is 2.32. The highest BCUT2D eigenvalue weighted by Crippen LogP contribution is 2.25. The lowest BCUT2D eigenvalue weighted by Gasteiger charge is -2.33. The van der Waals surface area contributed by atoms with E-state index in [4.69, 9.17) is 0 Å². The van der Waals surface area contributed by atoms with Gasteiger partial charge in [-0.05, 0) is 19.3 Å². The number of rotatable bonds is 5. The van der Waals surface area contributed by atoms with E-state index in [0.29, 0.717) is 6.54 Å². The maximum atomic E-state index is 12.1. The largest absolute Gasteiger partial charge is 0.332 e. The first kappa shape index (κ1) is 14.0. The van der Waals surface area contributed by atoms with Gasteiger partial charge in [0.05, 0.1) is 13.1 Å². The predicted octanol–water partition coefficient (Wildman–Crippen LogP) is 0.826. The number of amides is 2. The van der Waals surface area contributed by atoms with Crippen molar-refractivity contribution in [1.82, 2.24) is 9.80 Å². The Morgan fingerprint density at radius 2 is 1.68 bits per heavy atom. The molecule has 106 valence electrons. The number of Topliss-reactive ketones (excluding diaryl/α,β-unsaturated/α-hetero) is 1. The van der Waals surface area contributed by atoms with E-state index in [9.17, 15) is 14.4 Å². The summed E-state index contributed by atoms with van der Waals surface area (Å²) in [6.45, 7) is 2.92. The molecule has 5 heteroatoms. The second-order valence-electron chi connectivity index (χ2n) is 5.51. The van der Waals surface area contributed by atoms with Crippen molar-refractivity contribution in [3.8, 4) is 0 Å². The van der Waals surface area contributed by atoms with E-state index in [0.717, 1.165) is 32.1 Å². The van der Waals surface area contributed by atoms with E-state index < -0.39 is 0 Å². The molecule has 0 spiro atoms. The Morgan fingerprint density at radius 3 is 2.32 bits per heavy atom. The Labute approximate surface area is 113 Å². The lowest BCUT2D eigenvalue weighted by atomic mass is 10.0. The van der Waals surface area contributed by atoms with Crippen LogP contribution in [0.1, 0.15) is 39.0 Å². The first-order valence-corrected chi connectivity index (χ1v) is 7.20. The monoisotopic (exact) mass is 266 g/mol. The molecule has 1 aliphatic heterocycles. The van der Waals surface area contributed by atoms with Gasteiger partial charge in [0.1, 0.15) is 6.54 Å². The number of nitrogens with zero attached hydrogens (tertiary/aromatic N) is 2. The summed E-state index contributed by atoms with van der Waals surface area (Å²) >= 11 is 0. The molecule has 2 amide bonds. The smallest absolute Gasteiger partial charge is 0.243 e. The van der Waals surface area contributed by atoms with Crippen molar-refractivity contribution in [2.24, 2.45) is 5.92 Å². The van der Waals surface area contributed by atoms with E-state index in [1.807, 2.05) is 6.92 Å². The summed E-state index contributed by atoms with van der Waals surface area (Å²) in [5, 5.41) is 0. The first-order valence-electron chi connectivity index (χ1n) is 7.20. The van der Waals surface area contributed by atoms with Gasteiger partial charge in [0.25, 0.3) is 0 Å². The Kier molecular flexibility index (Phi) is 4.56. The molecule has 19 heavy (non-hydrogen) atoms. The highest BCUT2D eigenvalue weighted by molar-refractivity contribution is 5.95. The van der Waals surface area contributed by atoms with E-state index in [-0.39, 0.29) is 43.1 Å². The Bertz CT molecular complexity index is 375. The normalized spacial score (nSPS) is 21.3. The summed E-state index contributed by atoms with van der Waals surface area (Å²) in [4.78, 5) is 38.9. The number of hydrogen-bond acceptors (Lipinski definition) is 3. The SMILES string of the molecule is CCCN1CC(=O)N(CC(=O)C2CCCC2)CC1=O. The second kappa shape index (κ2) is 6.17. The third-order valence-electron chi connectivity index (χ3n) is 4.01. The number of hydrogen-bond donors (Lipinski definition) is 0. The van der Waals surface area contributed by atoms with Gasteiger partial charge in [-0.2, -0.15) is 0 Å². The van der Waals surface area contributed by atoms with Crippen LogP contribution in [0, 0.1) is 5.92 Å². The zero-order valence-electron chi connectivity index (χ0n) is 11.6. The van der Waals surface area contributed by atoms with Crippen molar-refractivity contribution in [2.75, 3.05) is 26.2 Å². The minimum atomic E-state index is -0.0978. The average Bonchev–Trinajstić information content (AvgIpc) is 2.89. The summed E-state index contributed by atoms with van der Waals surface area (Å²) in [6.07, 6.45) is 4.94. The van der Waals surface area contributed by atoms with Gasteiger partial charge >= 0.3 is 0 Å². The van der Waals surface area contributed by atoms with Crippen molar-refractivity contribution < 1.29 is 14.4 Å². The van der Waals surface area contributed by atoms with Gasteiger partial charge in [-0.15, -0.1) is 0 Å². The maximum Gasteiger partial charge on any atom is 0.243 e. The third kappa shape index (κ3) is 3.33. The van der Waals surface area contributed by atoms with Crippen LogP contribution < -0.4 is 0 Å². The fourth-order valence-electron chi connectivity index (χ4n) is 2.89. The Balaban J connectivity index is 1.89. The van der Waals surface area contributed by atoms with Crippen LogP contribution in [0.4, 0.5) is 0 Å². The van der Waals surface area contributed by atoms with Crippen LogP contribution in [0.25, 0.3) is 0 Å². The summed E-state index contributed by atoms with van der Waals surface area (Å²) < 4.78 is 0. The van der Waals surface area contributed by atoms with Gasteiger partial charge in [0, 0.05) is 12.5 Å². The van der Waals surface area contributed by atoms with Crippen molar-refractivity contribution in [1.29, 1.82) is 0 Å². The van der Waals surface area contributed by atoms with Gasteiger partial charge < -0.3 is 9.80 Å². The molecule has 0 aromatic rings. The molecular formula is C14H22N2O3. The molecule has 0 aromatic heterocycles. The summed E-state index contributed by atoms with van der Waals surface area (Å²) in [7, 11) is 0. The molecule has 0 bridgehead atoms. The van der Waals surface area contributed by atoms with Crippen LogP contribution in [-0.2, 0) is 14.4 Å². The fraction of sp³-hybridized carbons (Fsp3) is 0.786. The van der Waals surface area contributed by atoms with Crippen molar-refractivity contribution in [3.05, 3.63) is 0 Å². The molecule has 1 saturated heterocycles. The van der Waals surface area contributed by atoms with Crippen LogP contribution in [0.3, 0.4) is 0 Å². The number of ketones is 1. The number of carbonyl (C=O) groups is 3. The molecule has 5 nitrogen and oxygen atoms in total. The van der Waals surface area contributed by atoms with E-state index in [1.165, 1.54) is 4.90 Å². The molecule has 0 aromatic carbocycles. The van der Waals surface area contributed by atoms with Crippen LogP contribution in [0.15, 0.2) is 0 Å². The fourth-order valence-corrected chi connectivity index (χ4v) is 2.89. The third-order valence-corrected chi connectivity index (χ3v) is 4.01. The van der Waals surface area contributed by atoms with E-state index >= 15 is 0 Å². The molecule has 1 aliphatic carbocycles. The van der Waals surface area contributed by atoms with Crippen LogP contribution >= 0.6 is 0 Å². The minimum absolute atomic E-state index is 0.0410. The van der Waals surface area contributed by atoms with Crippen LogP contribution in [0.5, 0.6) is 0 Å². The van der Waals surface area contributed by atoms with Gasteiger partial charge in [-0.3, -0.25) is 14.4 Å². The summed E-state index contributed by atoms with van der Waals surface area (Å²) in [5.41, 5.74) is 0. The Hall–Kier alpha value is -1.39. The molecule has 0 unspecified atom stereocenters. The molecule has 1 saturated carbocycles. The van der Waals surface area contributed by atoms with E-state index in [1.54, 1.807) is 4.90 Å². The average molecular weight is 266 g/mol. The minimum Gasteiger partial charge on any atom is -0.332 e. The topological polar surface area (TPSA) is 57.7 Å². The summed E-state index contributed by atoms with van der Waals surface area (Å²) in [6, 6.07) is 0. The van der Waals surface area contributed by atoms with Gasteiger partial charge in [-0.25, -0.2) is 0 Å². The second-order valence-corrected chi connectivity index (χ2v) is 5.51. The Morgan fingerprint density at radius 1 is 1.11 bits per heavy atom. The van der Waals surface area contributed by atoms with Crippen LogP contribution in [-0.4, -0.2) is 53.6 Å². The molecule has 1 heterocycles. The number of piperazine rings is 1. The van der Waals surface area contributed by atoms with Gasteiger partial charge in [-0.1, -0.05) is 19.8 Å². The molecule has 0 atom stereocenters. The maximum absolute atomic E-state index is 12.1. The van der Waals surface area contributed by atoms with Crippen molar-refractivity contribution >= 4 is 17.6 Å². The molecule has 2 fully saturated rings. The molecular weight excluding hydrogens is 244 g/mol. The molecule has 2 aliphatic rings. The molecule has 0 N–H and O–H groups in total. The van der Waals surface area contributed by atoms with Crippen molar-refractivity contribution in [3.63, 3.8) is 0 Å². The molecule has 2 rings (SSSR count). The predicted molar refractivity (Wildman–Crippen MR) is 70.4 cm³/mol. The zero-order valence-corrected chi connectivity index (χ0v) is 11.6. The highest BCUT2D eigenvalue weighted by atomic mass is 16.2. The van der Waals surface area contributed by atoms with Gasteiger partial charge in [0.15, 0.2) is 5.78 Å². The molecule has 0 radical (unpaired) electrons. The standard InChI is InChI=1S/C14H22N2O3/c1-2-7-15-9-14(19)16(10-13(15)18)8-12(17)11-5-3-4-6-11/h11H,2-10H2,1H3. The first-order chi connectivity index (χ1) is 9.11. The lowest BCUT2D eigenvalue weighted by molar-refractivity contribution is -0.151. The number of carbonyl (C=O) groups excluding carboxylic acids is 3. The lowest BCUT2D eigenvalue weighted by Crippen LogP contribution is -2.55. The van der Waals surface area contributed by atoms with Crippen LogP contribution in [0.2, 0.25) is 0 Å². The van der Waals surface area contributed by atoms with Gasteiger partial charge in [0.2, 0.25) is 11.8 Å². The zero-order chi connectivity index (χ0) is 13.8. The quantitative estimate of drug-likeness (QED) is 0.740. The van der Waals surface area contributed by atoms with E-state index in [2.05, 4.69) is 0 Å². The summed E-state index contributed by atoms with van der Waals surface area (Å²) in [5.74, 6) is 0.0965. The van der Waals surface area contributed by atoms with Crippen molar-refractivity contribution in [2.45, 2.75) is 39.0 Å².